The highest BCUT2D eigenvalue weighted by atomic mass is 35.5. The molecule has 0 atom stereocenters. The van der Waals surface area contributed by atoms with Gasteiger partial charge in [-0.1, -0.05) is 11.6 Å². The number of aromatic nitrogens is 2. The van der Waals surface area contributed by atoms with Crippen LogP contribution in [0.25, 0.3) is 22.0 Å². The Morgan fingerprint density at radius 3 is 2.27 bits per heavy atom. The van der Waals surface area contributed by atoms with Gasteiger partial charge in [-0.25, -0.2) is 4.98 Å². The number of pyridine rings is 2. The second kappa shape index (κ2) is 5.81. The first-order valence-electron chi connectivity index (χ1n) is 6.77. The molecule has 0 unspecified atom stereocenters. The van der Waals surface area contributed by atoms with E-state index < -0.39 is 0 Å². The highest BCUT2D eigenvalue weighted by Gasteiger charge is 2.09. The molecule has 0 saturated carbocycles. The molecule has 1 aromatic carbocycles. The zero-order valence-electron chi connectivity index (χ0n) is 12.6. The Labute approximate surface area is 133 Å². The minimum atomic E-state index is 0.466. The minimum Gasteiger partial charge on any atom is -0.497 e. The molecule has 5 heteroatoms. The average molecular weight is 315 g/mol. The van der Waals surface area contributed by atoms with E-state index >= 15 is 0 Å². The van der Waals surface area contributed by atoms with Crippen LogP contribution < -0.4 is 9.47 Å². The number of fused-ring (bicyclic) bond motifs is 1. The fraction of sp³-hybridized carbons (Fsp3) is 0.176. The molecule has 0 bridgehead atoms. The van der Waals surface area contributed by atoms with Gasteiger partial charge in [-0.05, 0) is 31.2 Å². The molecule has 0 N–H and O–H groups in total. The van der Waals surface area contributed by atoms with E-state index in [2.05, 4.69) is 9.97 Å². The van der Waals surface area contributed by atoms with Crippen LogP contribution in [0, 0.1) is 6.92 Å². The molecule has 0 aliphatic carbocycles. The van der Waals surface area contributed by atoms with Crippen molar-refractivity contribution in [1.29, 1.82) is 0 Å². The van der Waals surface area contributed by atoms with Gasteiger partial charge in [0.15, 0.2) is 0 Å². The van der Waals surface area contributed by atoms with Crippen molar-refractivity contribution in [1.82, 2.24) is 9.97 Å². The van der Waals surface area contributed by atoms with Crippen LogP contribution in [-0.4, -0.2) is 24.2 Å². The van der Waals surface area contributed by atoms with Crippen molar-refractivity contribution in [3.63, 3.8) is 0 Å². The number of rotatable bonds is 3. The Kier molecular flexibility index (Phi) is 3.86. The molecule has 0 spiro atoms. The molecular weight excluding hydrogens is 300 g/mol. The molecule has 22 heavy (non-hydrogen) atoms. The van der Waals surface area contributed by atoms with Crippen LogP contribution in [-0.2, 0) is 0 Å². The van der Waals surface area contributed by atoms with Crippen LogP contribution >= 0.6 is 11.6 Å². The van der Waals surface area contributed by atoms with Gasteiger partial charge in [-0.3, -0.25) is 4.98 Å². The quantitative estimate of drug-likeness (QED) is 0.677. The third kappa shape index (κ3) is 2.70. The molecule has 0 radical (unpaired) electrons. The lowest BCUT2D eigenvalue weighted by molar-refractivity contribution is 0.394. The monoisotopic (exact) mass is 314 g/mol. The van der Waals surface area contributed by atoms with Crippen LogP contribution in [0.1, 0.15) is 5.69 Å². The summed E-state index contributed by atoms with van der Waals surface area (Å²) >= 11 is 5.95. The van der Waals surface area contributed by atoms with Crippen LogP contribution in [0.2, 0.25) is 5.15 Å². The molecule has 112 valence electrons. The maximum atomic E-state index is 5.95. The summed E-state index contributed by atoms with van der Waals surface area (Å²) in [4.78, 5) is 8.80. The minimum absolute atomic E-state index is 0.466. The van der Waals surface area contributed by atoms with Crippen LogP contribution in [0.4, 0.5) is 0 Å². The Bertz CT molecular complexity index is 827. The zero-order chi connectivity index (χ0) is 15.7. The van der Waals surface area contributed by atoms with E-state index in [1.165, 1.54) is 0 Å². The lowest BCUT2D eigenvalue weighted by Gasteiger charge is -2.10. The maximum absolute atomic E-state index is 5.95. The van der Waals surface area contributed by atoms with Gasteiger partial charge in [0.2, 0.25) is 0 Å². The normalized spacial score (nSPS) is 10.7. The largest absolute Gasteiger partial charge is 0.497 e. The topological polar surface area (TPSA) is 44.2 Å². The van der Waals surface area contributed by atoms with E-state index in [9.17, 15) is 0 Å². The van der Waals surface area contributed by atoms with Crippen molar-refractivity contribution < 1.29 is 9.47 Å². The molecule has 4 nitrogen and oxygen atoms in total. The second-order valence-corrected chi connectivity index (χ2v) is 5.31. The average Bonchev–Trinajstić information content (AvgIpc) is 2.54. The number of hydrogen-bond acceptors (Lipinski definition) is 4. The van der Waals surface area contributed by atoms with Gasteiger partial charge in [0, 0.05) is 34.3 Å². The first-order valence-corrected chi connectivity index (χ1v) is 7.15. The summed E-state index contributed by atoms with van der Waals surface area (Å²) in [5.41, 5.74) is 2.67. The number of aryl methyl sites for hydroxylation is 1. The van der Waals surface area contributed by atoms with Crippen molar-refractivity contribution in [2.75, 3.05) is 14.2 Å². The summed E-state index contributed by atoms with van der Waals surface area (Å²) in [7, 11) is 3.26. The highest BCUT2D eigenvalue weighted by molar-refractivity contribution is 6.30. The van der Waals surface area contributed by atoms with E-state index in [1.807, 2.05) is 37.3 Å². The molecule has 2 heterocycles. The number of hydrogen-bond donors (Lipinski definition) is 0. The van der Waals surface area contributed by atoms with E-state index in [4.69, 9.17) is 21.1 Å². The van der Waals surface area contributed by atoms with Gasteiger partial charge in [-0.2, -0.15) is 0 Å². The van der Waals surface area contributed by atoms with Gasteiger partial charge >= 0.3 is 0 Å². The van der Waals surface area contributed by atoms with Crippen molar-refractivity contribution in [3.8, 4) is 22.8 Å². The van der Waals surface area contributed by atoms with Crippen LogP contribution in [0.15, 0.2) is 36.5 Å². The predicted molar refractivity (Wildman–Crippen MR) is 87.8 cm³/mol. The van der Waals surface area contributed by atoms with Gasteiger partial charge < -0.3 is 9.47 Å². The molecule has 2 aromatic heterocycles. The SMILES string of the molecule is COc1cc(OC)cc(-c2cc3cnc(Cl)cc3c(C)n2)c1. The summed E-state index contributed by atoms with van der Waals surface area (Å²) in [6.07, 6.45) is 1.76. The van der Waals surface area contributed by atoms with Crippen molar-refractivity contribution in [2.45, 2.75) is 6.92 Å². The first kappa shape index (κ1) is 14.6. The van der Waals surface area contributed by atoms with Gasteiger partial charge in [0.25, 0.3) is 0 Å². The fourth-order valence-electron chi connectivity index (χ4n) is 2.39. The smallest absolute Gasteiger partial charge is 0.129 e. The predicted octanol–water partition coefficient (Wildman–Crippen LogP) is 4.28. The molecule has 0 amide bonds. The van der Waals surface area contributed by atoms with Crippen molar-refractivity contribution in [3.05, 3.63) is 47.4 Å². The fourth-order valence-corrected chi connectivity index (χ4v) is 2.55. The highest BCUT2D eigenvalue weighted by Crippen LogP contribution is 2.31. The molecular formula is C17H15ClN2O2. The summed E-state index contributed by atoms with van der Waals surface area (Å²) in [6.45, 7) is 1.96. The van der Waals surface area contributed by atoms with Crippen molar-refractivity contribution in [2.24, 2.45) is 0 Å². The Hall–Kier alpha value is -2.33. The van der Waals surface area contributed by atoms with E-state index in [-0.39, 0.29) is 0 Å². The van der Waals surface area contributed by atoms with Crippen LogP contribution in [0.5, 0.6) is 11.5 Å². The van der Waals surface area contributed by atoms with Crippen LogP contribution in [0.3, 0.4) is 0 Å². The first-order chi connectivity index (χ1) is 10.6. The lowest BCUT2D eigenvalue weighted by atomic mass is 10.1. The van der Waals surface area contributed by atoms with Gasteiger partial charge in [-0.15, -0.1) is 0 Å². The zero-order valence-corrected chi connectivity index (χ0v) is 13.3. The van der Waals surface area contributed by atoms with E-state index in [0.29, 0.717) is 5.15 Å². The Morgan fingerprint density at radius 1 is 0.955 bits per heavy atom. The standard InChI is InChI=1S/C17H15ClN2O2/c1-10-15-8-17(18)19-9-12(15)6-16(20-10)11-4-13(21-2)7-14(5-11)22-3/h4-9H,1-3H3. The number of ether oxygens (including phenoxy) is 2. The molecule has 3 rings (SSSR count). The van der Waals surface area contributed by atoms with E-state index in [0.717, 1.165) is 39.2 Å². The number of benzene rings is 1. The molecule has 0 fully saturated rings. The Balaban J connectivity index is 2.20. The number of halogens is 1. The summed E-state index contributed by atoms with van der Waals surface area (Å²) in [5.74, 6) is 1.45. The van der Waals surface area contributed by atoms with E-state index in [1.54, 1.807) is 20.4 Å². The summed E-state index contributed by atoms with van der Waals surface area (Å²) in [6, 6.07) is 9.51. The Morgan fingerprint density at radius 2 is 1.64 bits per heavy atom. The number of methoxy groups -OCH3 is 2. The number of nitrogens with zero attached hydrogens (tertiary/aromatic N) is 2. The summed E-state index contributed by atoms with van der Waals surface area (Å²) in [5, 5.41) is 2.46. The van der Waals surface area contributed by atoms with Gasteiger partial charge in [0.05, 0.1) is 19.9 Å². The molecule has 0 saturated heterocycles. The molecule has 0 aliphatic rings. The third-order valence-electron chi connectivity index (χ3n) is 3.52. The molecule has 3 aromatic rings. The lowest BCUT2D eigenvalue weighted by Crippen LogP contribution is -1.93. The summed E-state index contributed by atoms with van der Waals surface area (Å²) < 4.78 is 10.6. The maximum Gasteiger partial charge on any atom is 0.129 e. The second-order valence-electron chi connectivity index (χ2n) is 4.92. The van der Waals surface area contributed by atoms with Crippen molar-refractivity contribution >= 4 is 22.4 Å². The molecule has 0 aliphatic heterocycles. The third-order valence-corrected chi connectivity index (χ3v) is 3.73. The van der Waals surface area contributed by atoms with Gasteiger partial charge in [0.1, 0.15) is 16.7 Å².